The molecule has 0 aromatic heterocycles. The Kier molecular flexibility index (Phi) is 4.64. The second kappa shape index (κ2) is 7.10. The molecule has 0 unspecified atom stereocenters. The van der Waals surface area contributed by atoms with Gasteiger partial charge in [0, 0.05) is 0 Å². The van der Waals surface area contributed by atoms with Gasteiger partial charge in [-0.15, -0.1) is 0 Å². The minimum Gasteiger partial charge on any atom is -0.438 e. The van der Waals surface area contributed by atoms with Crippen molar-refractivity contribution in [1.29, 1.82) is 0 Å². The molecule has 0 radical (unpaired) electrons. The average molecular weight is 370 g/mol. The summed E-state index contributed by atoms with van der Waals surface area (Å²) in [4.78, 5) is 22.8. The first-order valence-corrected chi connectivity index (χ1v) is 9.03. The zero-order chi connectivity index (χ0) is 19.0. The number of benzene rings is 1. The molecule has 2 saturated carbocycles. The number of rotatable bonds is 5. The van der Waals surface area contributed by atoms with Crippen LogP contribution in [0, 0.1) is 23.7 Å². The Morgan fingerprint density at radius 3 is 1.93 bits per heavy atom. The molecule has 6 nitrogen and oxygen atoms in total. The molecule has 4 rings (SSSR count). The van der Waals surface area contributed by atoms with Crippen LogP contribution in [0.5, 0.6) is 0 Å². The number of hydrogen-bond acceptors (Lipinski definition) is 6. The first kappa shape index (κ1) is 17.6. The van der Waals surface area contributed by atoms with Gasteiger partial charge in [0.05, 0.1) is 14.2 Å². The van der Waals surface area contributed by atoms with Crippen LogP contribution < -0.4 is 0 Å². The molecule has 1 aromatic rings. The zero-order valence-corrected chi connectivity index (χ0v) is 15.3. The number of methoxy groups -OCH3 is 2. The zero-order valence-electron chi connectivity index (χ0n) is 15.3. The largest absolute Gasteiger partial charge is 0.508 e. The standard InChI is InChI=1S/C21H22O6/c1-24-20(22)26-10-16-13-9-14(17(16)11-27-21(23)25-2)19-15(18(13)19)8-12-6-4-3-5-7-12/h3-8,13-14,18-19H,9-11H2,1-2H3/t13-,14+,18+,19-. The normalized spacial score (nSPS) is 28.7. The van der Waals surface area contributed by atoms with E-state index in [2.05, 4.69) is 27.7 Å². The van der Waals surface area contributed by atoms with Gasteiger partial charge < -0.3 is 18.9 Å². The maximum Gasteiger partial charge on any atom is 0.508 e. The van der Waals surface area contributed by atoms with E-state index in [1.165, 1.54) is 25.4 Å². The highest BCUT2D eigenvalue weighted by atomic mass is 16.7. The number of carbonyl (C=O) groups is 2. The lowest BCUT2D eigenvalue weighted by Gasteiger charge is -2.18. The fraction of sp³-hybridized carbons (Fsp3) is 0.429. The smallest absolute Gasteiger partial charge is 0.438 e. The molecule has 0 amide bonds. The van der Waals surface area contributed by atoms with Gasteiger partial charge in [-0.25, -0.2) is 9.59 Å². The van der Waals surface area contributed by atoms with Gasteiger partial charge in [0.25, 0.3) is 0 Å². The first-order chi connectivity index (χ1) is 13.1. The molecule has 0 N–H and O–H groups in total. The summed E-state index contributed by atoms with van der Waals surface area (Å²) >= 11 is 0. The van der Waals surface area contributed by atoms with E-state index < -0.39 is 12.3 Å². The van der Waals surface area contributed by atoms with Crippen molar-refractivity contribution in [2.75, 3.05) is 27.4 Å². The lowest BCUT2D eigenvalue weighted by molar-refractivity contribution is 0.0731. The van der Waals surface area contributed by atoms with Crippen molar-refractivity contribution in [2.45, 2.75) is 6.42 Å². The van der Waals surface area contributed by atoms with Gasteiger partial charge in [0.2, 0.25) is 0 Å². The molecule has 6 heteroatoms. The quantitative estimate of drug-likeness (QED) is 0.579. The van der Waals surface area contributed by atoms with Gasteiger partial charge in [-0.1, -0.05) is 42.0 Å². The second-order valence-corrected chi connectivity index (χ2v) is 7.09. The van der Waals surface area contributed by atoms with Crippen LogP contribution in [0.1, 0.15) is 12.0 Å². The highest BCUT2D eigenvalue weighted by Gasteiger charge is 2.64. The van der Waals surface area contributed by atoms with Crippen LogP contribution in [0.3, 0.4) is 0 Å². The van der Waals surface area contributed by atoms with E-state index in [1.54, 1.807) is 0 Å². The van der Waals surface area contributed by atoms with Crippen molar-refractivity contribution in [3.8, 4) is 0 Å². The van der Waals surface area contributed by atoms with Crippen LogP contribution in [0.25, 0.3) is 6.08 Å². The molecule has 0 spiro atoms. The summed E-state index contributed by atoms with van der Waals surface area (Å²) in [6, 6.07) is 10.3. The van der Waals surface area contributed by atoms with Gasteiger partial charge in [-0.3, -0.25) is 0 Å². The third-order valence-electron chi connectivity index (χ3n) is 5.89. The number of fused-ring (bicyclic) bond motifs is 5. The molecule has 2 bridgehead atoms. The molecule has 4 atom stereocenters. The van der Waals surface area contributed by atoms with Crippen molar-refractivity contribution in [3.05, 3.63) is 52.6 Å². The number of carbonyl (C=O) groups excluding carboxylic acids is 2. The Balaban J connectivity index is 1.54. The van der Waals surface area contributed by atoms with E-state index >= 15 is 0 Å². The van der Waals surface area contributed by atoms with E-state index in [0.717, 1.165) is 17.6 Å². The van der Waals surface area contributed by atoms with Gasteiger partial charge in [-0.2, -0.15) is 0 Å². The minimum absolute atomic E-state index is 0.176. The number of allylic oxidation sites excluding steroid dienone is 1. The van der Waals surface area contributed by atoms with Gasteiger partial charge in [-0.05, 0) is 46.8 Å². The first-order valence-electron chi connectivity index (χ1n) is 9.03. The molecule has 27 heavy (non-hydrogen) atoms. The van der Waals surface area contributed by atoms with Crippen LogP contribution >= 0.6 is 0 Å². The summed E-state index contributed by atoms with van der Waals surface area (Å²) in [5.41, 5.74) is 4.76. The third kappa shape index (κ3) is 3.20. The minimum atomic E-state index is -0.703. The Morgan fingerprint density at radius 2 is 1.44 bits per heavy atom. The maximum atomic E-state index is 11.4. The Morgan fingerprint density at radius 1 is 0.926 bits per heavy atom. The molecular weight excluding hydrogens is 348 g/mol. The van der Waals surface area contributed by atoms with Gasteiger partial charge in [0.15, 0.2) is 0 Å². The van der Waals surface area contributed by atoms with Crippen LogP contribution in [0.2, 0.25) is 0 Å². The molecule has 0 saturated heterocycles. The molecular formula is C21H22O6. The van der Waals surface area contributed by atoms with Crippen LogP contribution in [0.15, 0.2) is 47.1 Å². The summed E-state index contributed by atoms with van der Waals surface area (Å²) < 4.78 is 19.6. The molecule has 0 heterocycles. The summed E-state index contributed by atoms with van der Waals surface area (Å²) in [6.07, 6.45) is 1.87. The highest BCUT2D eigenvalue weighted by Crippen LogP contribution is 2.71. The molecule has 2 fully saturated rings. The third-order valence-corrected chi connectivity index (χ3v) is 5.89. The van der Waals surface area contributed by atoms with Crippen molar-refractivity contribution in [3.63, 3.8) is 0 Å². The topological polar surface area (TPSA) is 71.1 Å². The lowest BCUT2D eigenvalue weighted by Crippen LogP contribution is -2.18. The fourth-order valence-electron chi connectivity index (χ4n) is 4.78. The Bertz CT molecular complexity index is 765. The van der Waals surface area contributed by atoms with Crippen molar-refractivity contribution in [1.82, 2.24) is 0 Å². The van der Waals surface area contributed by atoms with E-state index in [-0.39, 0.29) is 13.2 Å². The van der Waals surface area contributed by atoms with E-state index in [0.29, 0.717) is 23.7 Å². The summed E-state index contributed by atoms with van der Waals surface area (Å²) in [5, 5.41) is 0. The summed E-state index contributed by atoms with van der Waals surface area (Å²) in [7, 11) is 2.58. The monoisotopic (exact) mass is 370 g/mol. The SMILES string of the molecule is COC(=O)OCC1=C(COC(=O)OC)[C@@H]2C[C@H]1[C@H]1C(=Cc3ccccc3)[C@H]12. The fourth-order valence-corrected chi connectivity index (χ4v) is 4.78. The Labute approximate surface area is 157 Å². The van der Waals surface area contributed by atoms with Crippen LogP contribution in [-0.4, -0.2) is 39.7 Å². The van der Waals surface area contributed by atoms with Crippen LogP contribution in [0.4, 0.5) is 9.59 Å². The van der Waals surface area contributed by atoms with Crippen molar-refractivity contribution < 1.29 is 28.5 Å². The Hall–Kier alpha value is -2.76. The highest BCUT2D eigenvalue weighted by molar-refractivity contribution is 5.65. The van der Waals surface area contributed by atoms with Gasteiger partial charge >= 0.3 is 12.3 Å². The van der Waals surface area contributed by atoms with E-state index in [4.69, 9.17) is 9.47 Å². The number of hydrogen-bond donors (Lipinski definition) is 0. The lowest BCUT2D eigenvalue weighted by atomic mass is 9.92. The van der Waals surface area contributed by atoms with Crippen molar-refractivity contribution >= 4 is 18.4 Å². The van der Waals surface area contributed by atoms with E-state index in [9.17, 15) is 9.59 Å². The second-order valence-electron chi connectivity index (χ2n) is 7.09. The summed E-state index contributed by atoms with van der Waals surface area (Å²) in [5.74, 6) is 1.65. The molecule has 142 valence electrons. The molecule has 3 aliphatic rings. The predicted octanol–water partition coefficient (Wildman–Crippen LogP) is 3.83. The maximum absolute atomic E-state index is 11.4. The predicted molar refractivity (Wildman–Crippen MR) is 96.7 cm³/mol. The molecule has 3 aliphatic carbocycles. The average Bonchev–Trinajstić information content (AvgIpc) is 3.10. The molecule has 0 aliphatic heterocycles. The van der Waals surface area contributed by atoms with E-state index in [1.807, 2.05) is 18.2 Å². The summed E-state index contributed by atoms with van der Waals surface area (Å²) in [6.45, 7) is 0.352. The van der Waals surface area contributed by atoms with Gasteiger partial charge in [0.1, 0.15) is 13.2 Å². The number of ether oxygens (including phenoxy) is 4. The van der Waals surface area contributed by atoms with Crippen LogP contribution in [-0.2, 0) is 18.9 Å². The molecule has 1 aromatic carbocycles. The van der Waals surface area contributed by atoms with Crippen molar-refractivity contribution in [2.24, 2.45) is 23.7 Å².